The number of amides is 1. The molecule has 0 fully saturated rings. The van der Waals surface area contributed by atoms with Crippen LogP contribution in [0.5, 0.6) is 5.75 Å². The van der Waals surface area contributed by atoms with Gasteiger partial charge in [-0.1, -0.05) is 90.0 Å². The summed E-state index contributed by atoms with van der Waals surface area (Å²) in [6.07, 6.45) is 1.54. The van der Waals surface area contributed by atoms with Crippen LogP contribution in [0.4, 0.5) is 0 Å². The Morgan fingerprint density at radius 1 is 1.00 bits per heavy atom. The van der Waals surface area contributed by atoms with Crippen LogP contribution >= 0.6 is 27.5 Å². The lowest BCUT2D eigenvalue weighted by Gasteiger charge is -2.11. The van der Waals surface area contributed by atoms with Gasteiger partial charge in [-0.25, -0.2) is 10.4 Å². The maximum atomic E-state index is 13.2. The van der Waals surface area contributed by atoms with Crippen molar-refractivity contribution in [3.8, 4) is 17.0 Å². The largest absolute Gasteiger partial charge is 0.486 e. The summed E-state index contributed by atoms with van der Waals surface area (Å²) in [5.41, 5.74) is 8.44. The van der Waals surface area contributed by atoms with E-state index < -0.39 is 0 Å². The molecule has 0 saturated heterocycles. The fourth-order valence-electron chi connectivity index (χ4n) is 4.10. The second-order valence-corrected chi connectivity index (χ2v) is 9.99. The lowest BCUT2D eigenvalue weighted by molar-refractivity contribution is 0.0956. The van der Waals surface area contributed by atoms with E-state index in [0.717, 1.165) is 27.7 Å². The molecule has 0 aliphatic rings. The third kappa shape index (κ3) is 5.93. The zero-order valence-corrected chi connectivity index (χ0v) is 22.8. The monoisotopic (exact) mass is 583 g/mol. The highest BCUT2D eigenvalue weighted by molar-refractivity contribution is 9.10. The average molecular weight is 585 g/mol. The van der Waals surface area contributed by atoms with Crippen LogP contribution in [0.2, 0.25) is 5.02 Å². The number of para-hydroxylation sites is 1. The molecule has 1 amide bonds. The Balaban J connectivity index is 1.33. The summed E-state index contributed by atoms with van der Waals surface area (Å²) in [4.78, 5) is 17.9. The number of aryl methyl sites for hydroxylation is 1. The van der Waals surface area contributed by atoms with Crippen LogP contribution in [0.3, 0.4) is 0 Å². The molecule has 38 heavy (non-hydrogen) atoms. The summed E-state index contributed by atoms with van der Waals surface area (Å²) >= 11 is 10.0. The maximum absolute atomic E-state index is 13.2. The number of hydrogen-bond acceptors (Lipinski definition) is 4. The second kappa shape index (κ2) is 11.6. The van der Waals surface area contributed by atoms with Crippen molar-refractivity contribution < 1.29 is 9.53 Å². The van der Waals surface area contributed by atoms with E-state index in [1.165, 1.54) is 5.56 Å². The molecule has 0 spiro atoms. The van der Waals surface area contributed by atoms with Crippen molar-refractivity contribution in [1.82, 2.24) is 10.4 Å². The number of ether oxygens (including phenoxy) is 1. The van der Waals surface area contributed by atoms with Crippen molar-refractivity contribution in [3.05, 3.63) is 129 Å². The molecule has 7 heteroatoms. The van der Waals surface area contributed by atoms with Gasteiger partial charge >= 0.3 is 0 Å². The lowest BCUT2D eigenvalue weighted by atomic mass is 10.0. The molecule has 0 aliphatic heterocycles. The number of hydrazone groups is 1. The third-order valence-corrected chi connectivity index (χ3v) is 6.77. The second-order valence-electron chi connectivity index (χ2n) is 8.73. The van der Waals surface area contributed by atoms with Crippen LogP contribution in [0.15, 0.2) is 107 Å². The summed E-state index contributed by atoms with van der Waals surface area (Å²) in [6.45, 7) is 2.44. The fraction of sp³-hybridized carbons (Fsp3) is 0.0645. The number of rotatable bonds is 7. The molecule has 0 aliphatic carbocycles. The average Bonchev–Trinajstić information content (AvgIpc) is 2.92. The molecule has 0 atom stereocenters. The molecular weight excluding hydrogens is 562 g/mol. The van der Waals surface area contributed by atoms with Gasteiger partial charge in [0, 0.05) is 10.9 Å². The number of pyridine rings is 1. The van der Waals surface area contributed by atoms with Crippen molar-refractivity contribution in [2.75, 3.05) is 0 Å². The number of nitrogens with zero attached hydrogens (tertiary/aromatic N) is 2. The highest BCUT2D eigenvalue weighted by Crippen LogP contribution is 2.35. The molecule has 188 valence electrons. The molecular formula is C31H23BrClN3O2. The number of fused-ring (bicyclic) bond motifs is 1. The van der Waals surface area contributed by atoms with Crippen LogP contribution in [0.25, 0.3) is 22.2 Å². The Morgan fingerprint density at radius 2 is 1.79 bits per heavy atom. The van der Waals surface area contributed by atoms with Gasteiger partial charge in [0.05, 0.1) is 32.5 Å². The zero-order chi connectivity index (χ0) is 26.5. The first kappa shape index (κ1) is 25.6. The molecule has 1 N–H and O–H groups in total. The highest BCUT2D eigenvalue weighted by Gasteiger charge is 2.14. The van der Waals surface area contributed by atoms with E-state index in [9.17, 15) is 4.79 Å². The maximum Gasteiger partial charge on any atom is 0.272 e. The summed E-state index contributed by atoms with van der Waals surface area (Å²) in [6, 6.07) is 30.8. The molecule has 1 heterocycles. The van der Waals surface area contributed by atoms with Crippen molar-refractivity contribution >= 4 is 50.6 Å². The minimum absolute atomic E-state index is 0.333. The molecule has 0 radical (unpaired) electrons. The van der Waals surface area contributed by atoms with E-state index in [2.05, 4.69) is 32.5 Å². The van der Waals surface area contributed by atoms with Gasteiger partial charge in [-0.05, 0) is 58.2 Å². The van der Waals surface area contributed by atoms with Gasteiger partial charge in [-0.2, -0.15) is 5.10 Å². The Bertz CT molecular complexity index is 1630. The number of nitrogens with one attached hydrogen (secondary N) is 1. The predicted octanol–water partition coefficient (Wildman–Crippen LogP) is 7.97. The van der Waals surface area contributed by atoms with E-state index >= 15 is 0 Å². The van der Waals surface area contributed by atoms with Gasteiger partial charge in [0.1, 0.15) is 6.61 Å². The predicted molar refractivity (Wildman–Crippen MR) is 157 cm³/mol. The Morgan fingerprint density at radius 3 is 2.58 bits per heavy atom. The fourth-order valence-corrected chi connectivity index (χ4v) is 5.08. The molecule has 4 aromatic carbocycles. The lowest BCUT2D eigenvalue weighted by Crippen LogP contribution is -2.18. The van der Waals surface area contributed by atoms with Gasteiger partial charge in [-0.15, -0.1) is 0 Å². The van der Waals surface area contributed by atoms with E-state index in [1.807, 2.05) is 85.8 Å². The van der Waals surface area contributed by atoms with Crippen LogP contribution in [0.1, 0.15) is 27.0 Å². The number of aromatic nitrogens is 1. The van der Waals surface area contributed by atoms with Gasteiger partial charge in [0.25, 0.3) is 5.91 Å². The standard InChI is InChI=1S/C31H23BrClN3O2/c1-20-8-7-9-21(14-20)19-38-30-26(32)15-22(16-27(30)33)18-34-36-31(37)25-17-29(23-10-3-2-4-11-23)35-28-13-6-5-12-24(25)28/h2-18H,19H2,1H3,(H,36,37)/b34-18+. The third-order valence-electron chi connectivity index (χ3n) is 5.90. The number of carbonyl (C=O) groups is 1. The van der Waals surface area contributed by atoms with Crippen LogP contribution < -0.4 is 10.2 Å². The van der Waals surface area contributed by atoms with E-state index in [1.54, 1.807) is 18.3 Å². The van der Waals surface area contributed by atoms with Crippen LogP contribution in [0, 0.1) is 6.92 Å². The van der Waals surface area contributed by atoms with Gasteiger partial charge in [0.15, 0.2) is 5.75 Å². The first-order chi connectivity index (χ1) is 18.5. The highest BCUT2D eigenvalue weighted by atomic mass is 79.9. The number of benzene rings is 4. The van der Waals surface area contributed by atoms with E-state index in [4.69, 9.17) is 21.3 Å². The van der Waals surface area contributed by atoms with Crippen molar-refractivity contribution in [2.24, 2.45) is 5.10 Å². The SMILES string of the molecule is Cc1cccc(COc2c(Cl)cc(/C=N/NC(=O)c3cc(-c4ccccc4)nc4ccccc34)cc2Br)c1. The molecule has 0 saturated carbocycles. The Hall–Kier alpha value is -4.00. The van der Waals surface area contributed by atoms with Gasteiger partial charge in [0.2, 0.25) is 0 Å². The minimum atomic E-state index is -0.333. The Labute approximate surface area is 234 Å². The van der Waals surface area contributed by atoms with Crippen molar-refractivity contribution in [1.29, 1.82) is 0 Å². The summed E-state index contributed by atoms with van der Waals surface area (Å²) in [7, 11) is 0. The first-order valence-electron chi connectivity index (χ1n) is 11.9. The summed E-state index contributed by atoms with van der Waals surface area (Å²) in [5.74, 6) is 0.214. The van der Waals surface area contributed by atoms with E-state index in [0.29, 0.717) is 33.0 Å². The van der Waals surface area contributed by atoms with Gasteiger partial charge < -0.3 is 4.74 Å². The minimum Gasteiger partial charge on any atom is -0.486 e. The first-order valence-corrected chi connectivity index (χ1v) is 13.1. The summed E-state index contributed by atoms with van der Waals surface area (Å²) < 4.78 is 6.65. The van der Waals surface area contributed by atoms with E-state index in [-0.39, 0.29) is 5.91 Å². The van der Waals surface area contributed by atoms with Crippen molar-refractivity contribution in [2.45, 2.75) is 13.5 Å². The quantitative estimate of drug-likeness (QED) is 0.156. The summed E-state index contributed by atoms with van der Waals surface area (Å²) in [5, 5.41) is 5.37. The Kier molecular flexibility index (Phi) is 7.82. The zero-order valence-electron chi connectivity index (χ0n) is 20.5. The van der Waals surface area contributed by atoms with Crippen molar-refractivity contribution in [3.63, 3.8) is 0 Å². The number of carbonyl (C=O) groups excluding carboxylic acids is 1. The van der Waals surface area contributed by atoms with Crippen LogP contribution in [-0.2, 0) is 6.61 Å². The molecule has 5 aromatic rings. The normalized spacial score (nSPS) is 11.1. The number of hydrogen-bond donors (Lipinski definition) is 1. The molecule has 0 unspecified atom stereocenters. The molecule has 0 bridgehead atoms. The van der Waals surface area contributed by atoms with Gasteiger partial charge in [-0.3, -0.25) is 4.79 Å². The molecule has 5 rings (SSSR count). The number of halogens is 2. The molecule has 1 aromatic heterocycles. The molecule has 5 nitrogen and oxygen atoms in total. The smallest absolute Gasteiger partial charge is 0.272 e. The topological polar surface area (TPSA) is 63.6 Å². The van der Waals surface area contributed by atoms with Crippen LogP contribution in [-0.4, -0.2) is 17.1 Å².